The van der Waals surface area contributed by atoms with Crippen LogP contribution < -0.4 is 11.1 Å². The molecule has 6 heteroatoms. The molecule has 116 valence electrons. The monoisotopic (exact) mass is 299 g/mol. The molecule has 0 unspecified atom stereocenters. The average Bonchev–Trinajstić information content (AvgIpc) is 3.09. The van der Waals surface area contributed by atoms with E-state index in [4.69, 9.17) is 5.73 Å². The van der Waals surface area contributed by atoms with E-state index in [2.05, 4.69) is 22.3 Å². The maximum atomic E-state index is 12.5. The van der Waals surface area contributed by atoms with E-state index in [1.54, 1.807) is 23.1 Å². The fourth-order valence-corrected chi connectivity index (χ4v) is 2.99. The Morgan fingerprint density at radius 1 is 1.36 bits per heavy atom. The molecule has 0 aromatic carbocycles. The number of nitrogens with two attached hydrogens (primary N) is 1. The Kier molecular flexibility index (Phi) is 3.83. The molecule has 0 saturated heterocycles. The maximum absolute atomic E-state index is 12.5. The Morgan fingerprint density at radius 2 is 2.18 bits per heavy atom. The Bertz CT molecular complexity index is 694. The molecule has 2 heterocycles. The van der Waals surface area contributed by atoms with Crippen LogP contribution in [0.5, 0.6) is 0 Å². The van der Waals surface area contributed by atoms with Crippen molar-refractivity contribution in [1.29, 1.82) is 0 Å². The molecule has 3 rings (SSSR count). The second kappa shape index (κ2) is 5.79. The van der Waals surface area contributed by atoms with E-state index in [1.165, 1.54) is 0 Å². The normalized spacial score (nSPS) is 21.0. The van der Waals surface area contributed by atoms with Crippen molar-refractivity contribution in [3.8, 4) is 11.1 Å². The third-order valence-electron chi connectivity index (χ3n) is 4.38. The predicted octanol–water partition coefficient (Wildman–Crippen LogP) is 1.98. The van der Waals surface area contributed by atoms with E-state index in [0.717, 1.165) is 30.4 Å². The number of carbonyl (C=O) groups excluding carboxylic acids is 1. The van der Waals surface area contributed by atoms with Crippen molar-refractivity contribution < 1.29 is 4.79 Å². The number of aryl methyl sites for hydroxylation is 1. The van der Waals surface area contributed by atoms with Gasteiger partial charge in [0.2, 0.25) is 0 Å². The van der Waals surface area contributed by atoms with E-state index in [0.29, 0.717) is 11.5 Å². The topological polar surface area (TPSA) is 85.8 Å². The summed E-state index contributed by atoms with van der Waals surface area (Å²) >= 11 is 0. The number of carbonyl (C=O) groups is 1. The molecule has 2 atom stereocenters. The number of hydrogen-bond acceptors (Lipinski definition) is 4. The first-order valence-corrected chi connectivity index (χ1v) is 7.60. The lowest BCUT2D eigenvalue weighted by atomic mass is 10.0. The molecular formula is C16H21N5O. The number of pyridine rings is 1. The second-order valence-corrected chi connectivity index (χ2v) is 6.05. The minimum atomic E-state index is -0.144. The maximum Gasteiger partial charge on any atom is 0.255 e. The molecule has 22 heavy (non-hydrogen) atoms. The lowest BCUT2D eigenvalue weighted by Gasteiger charge is -2.18. The molecule has 6 nitrogen and oxygen atoms in total. The van der Waals surface area contributed by atoms with E-state index in [1.807, 2.05) is 13.2 Å². The van der Waals surface area contributed by atoms with Gasteiger partial charge in [-0.25, -0.2) is 4.98 Å². The second-order valence-electron chi connectivity index (χ2n) is 6.05. The van der Waals surface area contributed by atoms with Gasteiger partial charge in [0.1, 0.15) is 5.82 Å². The molecule has 0 aliphatic heterocycles. The fourth-order valence-electron chi connectivity index (χ4n) is 2.99. The van der Waals surface area contributed by atoms with Gasteiger partial charge in [0.25, 0.3) is 5.91 Å². The molecule has 0 spiro atoms. The first-order chi connectivity index (χ1) is 10.5. The van der Waals surface area contributed by atoms with Crippen molar-refractivity contribution >= 4 is 11.7 Å². The molecular weight excluding hydrogens is 278 g/mol. The molecule has 2 aromatic heterocycles. The summed E-state index contributed by atoms with van der Waals surface area (Å²) in [6.07, 6.45) is 8.65. The summed E-state index contributed by atoms with van der Waals surface area (Å²) in [5.74, 6) is 0.630. The van der Waals surface area contributed by atoms with Crippen LogP contribution in [0.2, 0.25) is 0 Å². The number of anilines is 1. The summed E-state index contributed by atoms with van der Waals surface area (Å²) in [5.41, 5.74) is 8.08. The molecule has 3 N–H and O–H groups in total. The number of nitrogens with one attached hydrogen (secondary N) is 1. The highest BCUT2D eigenvalue weighted by molar-refractivity contribution is 5.99. The van der Waals surface area contributed by atoms with Gasteiger partial charge < -0.3 is 11.1 Å². The minimum absolute atomic E-state index is 0.144. The van der Waals surface area contributed by atoms with Gasteiger partial charge in [-0.1, -0.05) is 13.3 Å². The Balaban J connectivity index is 1.84. The summed E-state index contributed by atoms with van der Waals surface area (Å²) < 4.78 is 1.71. The highest BCUT2D eigenvalue weighted by Crippen LogP contribution is 2.26. The molecule has 1 aliphatic carbocycles. The Hall–Kier alpha value is -2.37. The Morgan fingerprint density at radius 3 is 2.82 bits per heavy atom. The molecule has 1 amide bonds. The van der Waals surface area contributed by atoms with Crippen LogP contribution in [0.25, 0.3) is 11.1 Å². The van der Waals surface area contributed by atoms with Crippen LogP contribution in [-0.4, -0.2) is 26.7 Å². The van der Waals surface area contributed by atoms with Crippen LogP contribution in [0.1, 0.15) is 36.5 Å². The zero-order valence-electron chi connectivity index (χ0n) is 12.9. The first kappa shape index (κ1) is 14.6. The van der Waals surface area contributed by atoms with Crippen molar-refractivity contribution in [3.05, 3.63) is 30.2 Å². The average molecular weight is 299 g/mol. The summed E-state index contributed by atoms with van der Waals surface area (Å²) in [4.78, 5) is 16.7. The summed E-state index contributed by atoms with van der Waals surface area (Å²) in [5, 5.41) is 7.23. The van der Waals surface area contributed by atoms with Crippen LogP contribution in [0, 0.1) is 5.92 Å². The molecule has 1 aliphatic rings. The van der Waals surface area contributed by atoms with Crippen LogP contribution in [-0.2, 0) is 7.05 Å². The standard InChI is InChI=1S/C16H21N5O/c1-10-4-3-5-14(10)20-16(22)13-6-11(7-18-15(13)17)12-8-19-21(2)9-12/h6-10,14H,3-5H2,1-2H3,(H2,17,18)(H,20,22)/t10-,14-/m1/s1. The molecule has 0 bridgehead atoms. The summed E-state index contributed by atoms with van der Waals surface area (Å²) in [6, 6.07) is 2.02. The van der Waals surface area contributed by atoms with Gasteiger partial charge in [-0.3, -0.25) is 9.48 Å². The highest BCUT2D eigenvalue weighted by atomic mass is 16.1. The van der Waals surface area contributed by atoms with Crippen LogP contribution in [0.4, 0.5) is 5.82 Å². The van der Waals surface area contributed by atoms with Gasteiger partial charge >= 0.3 is 0 Å². The largest absolute Gasteiger partial charge is 0.383 e. The number of rotatable bonds is 3. The van der Waals surface area contributed by atoms with Crippen LogP contribution in [0.15, 0.2) is 24.7 Å². The van der Waals surface area contributed by atoms with E-state index in [-0.39, 0.29) is 17.8 Å². The molecule has 2 aromatic rings. The Labute approximate surface area is 129 Å². The number of amides is 1. The molecule has 1 saturated carbocycles. The predicted molar refractivity (Wildman–Crippen MR) is 85.1 cm³/mol. The van der Waals surface area contributed by atoms with Gasteiger partial charge in [0, 0.05) is 36.6 Å². The van der Waals surface area contributed by atoms with Crippen molar-refractivity contribution in [2.75, 3.05) is 5.73 Å². The molecule has 0 radical (unpaired) electrons. The quantitative estimate of drug-likeness (QED) is 0.907. The summed E-state index contributed by atoms with van der Waals surface area (Å²) in [7, 11) is 1.85. The van der Waals surface area contributed by atoms with E-state index < -0.39 is 0 Å². The fraction of sp³-hybridized carbons (Fsp3) is 0.438. The van der Waals surface area contributed by atoms with Gasteiger partial charge in [-0.15, -0.1) is 0 Å². The summed E-state index contributed by atoms with van der Waals surface area (Å²) in [6.45, 7) is 2.17. The SMILES string of the molecule is C[C@@H]1CCC[C@H]1NC(=O)c1cc(-c2cnn(C)c2)cnc1N. The van der Waals surface area contributed by atoms with Crippen LogP contribution >= 0.6 is 0 Å². The lowest BCUT2D eigenvalue weighted by molar-refractivity contribution is 0.0930. The van der Waals surface area contributed by atoms with Gasteiger partial charge in [-0.05, 0) is 24.8 Å². The van der Waals surface area contributed by atoms with Crippen molar-refractivity contribution in [2.24, 2.45) is 13.0 Å². The smallest absolute Gasteiger partial charge is 0.255 e. The third kappa shape index (κ3) is 2.81. The van der Waals surface area contributed by atoms with Crippen molar-refractivity contribution in [3.63, 3.8) is 0 Å². The van der Waals surface area contributed by atoms with Crippen molar-refractivity contribution in [2.45, 2.75) is 32.2 Å². The third-order valence-corrected chi connectivity index (χ3v) is 4.38. The van der Waals surface area contributed by atoms with E-state index >= 15 is 0 Å². The number of nitrogen functional groups attached to an aromatic ring is 1. The number of aromatic nitrogens is 3. The zero-order chi connectivity index (χ0) is 15.7. The highest BCUT2D eigenvalue weighted by Gasteiger charge is 2.26. The zero-order valence-corrected chi connectivity index (χ0v) is 12.9. The molecule has 1 fully saturated rings. The first-order valence-electron chi connectivity index (χ1n) is 7.60. The van der Waals surface area contributed by atoms with E-state index in [9.17, 15) is 4.79 Å². The van der Waals surface area contributed by atoms with Crippen molar-refractivity contribution in [1.82, 2.24) is 20.1 Å². The van der Waals surface area contributed by atoms with Gasteiger partial charge in [0.15, 0.2) is 0 Å². The van der Waals surface area contributed by atoms with Gasteiger partial charge in [-0.2, -0.15) is 5.10 Å². The minimum Gasteiger partial charge on any atom is -0.383 e. The number of hydrogen-bond donors (Lipinski definition) is 2. The van der Waals surface area contributed by atoms with Gasteiger partial charge in [0.05, 0.1) is 11.8 Å². The number of nitrogens with zero attached hydrogens (tertiary/aromatic N) is 3. The lowest BCUT2D eigenvalue weighted by Crippen LogP contribution is -2.36. The van der Waals surface area contributed by atoms with Crippen LogP contribution in [0.3, 0.4) is 0 Å².